The van der Waals surface area contributed by atoms with E-state index >= 15 is 0 Å². The standard InChI is InChI=1S/C11H14N4/c1-3-8(7-12-5-1)10-9-4-2-6-13-11(9)15-14-10/h2,4,6,8,12H,1,3,5,7H2,(H,13,14,15)/t8-/m1/s1. The second-order valence-electron chi connectivity index (χ2n) is 4.06. The van der Waals surface area contributed by atoms with E-state index < -0.39 is 0 Å². The van der Waals surface area contributed by atoms with Crippen LogP contribution < -0.4 is 5.32 Å². The summed E-state index contributed by atoms with van der Waals surface area (Å²) in [7, 11) is 0. The number of aromatic nitrogens is 3. The molecule has 0 aliphatic carbocycles. The maximum atomic E-state index is 4.23. The van der Waals surface area contributed by atoms with E-state index in [4.69, 9.17) is 0 Å². The Balaban J connectivity index is 2.02. The highest BCUT2D eigenvalue weighted by Gasteiger charge is 2.19. The largest absolute Gasteiger partial charge is 0.316 e. The van der Waals surface area contributed by atoms with Crippen molar-refractivity contribution in [2.24, 2.45) is 0 Å². The van der Waals surface area contributed by atoms with Crippen LogP contribution in [0.4, 0.5) is 0 Å². The molecule has 2 aromatic rings. The van der Waals surface area contributed by atoms with E-state index in [1.165, 1.54) is 23.9 Å². The number of aromatic amines is 1. The highest BCUT2D eigenvalue weighted by atomic mass is 15.2. The molecule has 3 heterocycles. The molecule has 1 atom stereocenters. The van der Waals surface area contributed by atoms with Gasteiger partial charge in [-0.05, 0) is 31.5 Å². The SMILES string of the molecule is c1cnc2n[nH]c([C@@H]3CCCNC3)c2c1. The van der Waals surface area contributed by atoms with Crippen LogP contribution in [0.25, 0.3) is 11.0 Å². The summed E-state index contributed by atoms with van der Waals surface area (Å²) in [6.07, 6.45) is 4.26. The highest BCUT2D eigenvalue weighted by molar-refractivity contribution is 5.77. The van der Waals surface area contributed by atoms with Crippen LogP contribution in [-0.4, -0.2) is 28.3 Å². The summed E-state index contributed by atoms with van der Waals surface area (Å²) in [5, 5.41) is 12.0. The molecule has 4 nitrogen and oxygen atoms in total. The normalized spacial score (nSPS) is 22.0. The zero-order valence-electron chi connectivity index (χ0n) is 8.53. The number of nitrogens with one attached hydrogen (secondary N) is 2. The molecule has 1 aliphatic heterocycles. The lowest BCUT2D eigenvalue weighted by Gasteiger charge is -2.21. The first kappa shape index (κ1) is 8.85. The van der Waals surface area contributed by atoms with Gasteiger partial charge in [-0.1, -0.05) is 0 Å². The van der Waals surface area contributed by atoms with E-state index in [1.807, 2.05) is 6.07 Å². The third-order valence-corrected chi connectivity index (χ3v) is 3.06. The van der Waals surface area contributed by atoms with Crippen LogP contribution in [0, 0.1) is 0 Å². The van der Waals surface area contributed by atoms with E-state index in [0.717, 1.165) is 18.7 Å². The van der Waals surface area contributed by atoms with Crippen molar-refractivity contribution in [2.75, 3.05) is 13.1 Å². The van der Waals surface area contributed by atoms with Crippen LogP contribution in [0.2, 0.25) is 0 Å². The van der Waals surface area contributed by atoms with Crippen molar-refractivity contribution in [1.29, 1.82) is 0 Å². The summed E-state index contributed by atoms with van der Waals surface area (Å²) in [5.41, 5.74) is 2.07. The molecule has 0 unspecified atom stereocenters. The lowest BCUT2D eigenvalue weighted by atomic mass is 9.94. The van der Waals surface area contributed by atoms with Crippen LogP contribution in [0.3, 0.4) is 0 Å². The molecule has 78 valence electrons. The van der Waals surface area contributed by atoms with Crippen LogP contribution in [-0.2, 0) is 0 Å². The van der Waals surface area contributed by atoms with Gasteiger partial charge in [0.1, 0.15) is 0 Å². The van der Waals surface area contributed by atoms with Gasteiger partial charge < -0.3 is 5.32 Å². The Hall–Kier alpha value is -1.42. The zero-order chi connectivity index (χ0) is 10.1. The minimum absolute atomic E-state index is 0.563. The Kier molecular flexibility index (Phi) is 2.14. The van der Waals surface area contributed by atoms with Crippen molar-refractivity contribution < 1.29 is 0 Å². The molecular weight excluding hydrogens is 188 g/mol. The summed E-state index contributed by atoms with van der Waals surface area (Å²) in [6.45, 7) is 2.19. The van der Waals surface area contributed by atoms with Gasteiger partial charge in [0.05, 0.1) is 0 Å². The summed E-state index contributed by atoms with van der Waals surface area (Å²) in [4.78, 5) is 4.23. The quantitative estimate of drug-likeness (QED) is 0.735. The number of rotatable bonds is 1. The maximum absolute atomic E-state index is 4.23. The van der Waals surface area contributed by atoms with E-state index in [2.05, 4.69) is 26.6 Å². The monoisotopic (exact) mass is 202 g/mol. The molecule has 1 fully saturated rings. The number of H-pyrrole nitrogens is 1. The first-order valence-electron chi connectivity index (χ1n) is 5.45. The molecule has 0 bridgehead atoms. The van der Waals surface area contributed by atoms with Crippen molar-refractivity contribution in [3.8, 4) is 0 Å². The molecule has 3 rings (SSSR count). The molecule has 0 aromatic carbocycles. The molecule has 4 heteroatoms. The second kappa shape index (κ2) is 3.62. The van der Waals surface area contributed by atoms with E-state index in [-0.39, 0.29) is 0 Å². The fraction of sp³-hybridized carbons (Fsp3) is 0.455. The van der Waals surface area contributed by atoms with Gasteiger partial charge in [0.2, 0.25) is 0 Å². The average Bonchev–Trinajstić information content (AvgIpc) is 2.74. The van der Waals surface area contributed by atoms with Gasteiger partial charge in [-0.25, -0.2) is 4.98 Å². The highest BCUT2D eigenvalue weighted by Crippen LogP contribution is 2.26. The molecule has 0 saturated carbocycles. The number of fused-ring (bicyclic) bond motifs is 1. The fourth-order valence-electron chi connectivity index (χ4n) is 2.28. The lowest BCUT2D eigenvalue weighted by Crippen LogP contribution is -2.28. The van der Waals surface area contributed by atoms with Crippen LogP contribution in [0.5, 0.6) is 0 Å². The smallest absolute Gasteiger partial charge is 0.181 e. The van der Waals surface area contributed by atoms with Gasteiger partial charge in [-0.15, -0.1) is 0 Å². The minimum atomic E-state index is 0.563. The van der Waals surface area contributed by atoms with Gasteiger partial charge in [0.25, 0.3) is 0 Å². The van der Waals surface area contributed by atoms with Crippen molar-refractivity contribution >= 4 is 11.0 Å². The number of hydrogen-bond donors (Lipinski definition) is 2. The predicted octanol–water partition coefficient (Wildman–Crippen LogP) is 1.42. The predicted molar refractivity (Wildman–Crippen MR) is 58.7 cm³/mol. The maximum Gasteiger partial charge on any atom is 0.181 e. The summed E-state index contributed by atoms with van der Waals surface area (Å²) in [6, 6.07) is 4.06. The summed E-state index contributed by atoms with van der Waals surface area (Å²) in [5.74, 6) is 0.563. The first-order chi connectivity index (χ1) is 7.45. The Bertz CT molecular complexity index is 456. The van der Waals surface area contributed by atoms with E-state index in [9.17, 15) is 0 Å². The summed E-state index contributed by atoms with van der Waals surface area (Å²) >= 11 is 0. The van der Waals surface area contributed by atoms with Crippen LogP contribution >= 0.6 is 0 Å². The average molecular weight is 202 g/mol. The Morgan fingerprint density at radius 3 is 3.27 bits per heavy atom. The Morgan fingerprint density at radius 2 is 2.40 bits per heavy atom. The van der Waals surface area contributed by atoms with Crippen molar-refractivity contribution in [3.05, 3.63) is 24.0 Å². The molecule has 1 saturated heterocycles. The van der Waals surface area contributed by atoms with Crippen molar-refractivity contribution in [1.82, 2.24) is 20.5 Å². The number of hydrogen-bond acceptors (Lipinski definition) is 3. The topological polar surface area (TPSA) is 53.6 Å². The number of piperidine rings is 1. The lowest BCUT2D eigenvalue weighted by molar-refractivity contribution is 0.456. The Labute approximate surface area is 88.1 Å². The third-order valence-electron chi connectivity index (χ3n) is 3.06. The van der Waals surface area contributed by atoms with Crippen molar-refractivity contribution in [3.63, 3.8) is 0 Å². The molecule has 0 spiro atoms. The van der Waals surface area contributed by atoms with Gasteiger partial charge in [0.15, 0.2) is 5.65 Å². The van der Waals surface area contributed by atoms with Gasteiger partial charge in [0, 0.05) is 29.7 Å². The third kappa shape index (κ3) is 1.51. The zero-order valence-corrected chi connectivity index (χ0v) is 8.53. The molecule has 0 radical (unpaired) electrons. The molecular formula is C11H14N4. The number of nitrogens with zero attached hydrogens (tertiary/aromatic N) is 2. The Morgan fingerprint density at radius 1 is 1.40 bits per heavy atom. The first-order valence-corrected chi connectivity index (χ1v) is 5.45. The van der Waals surface area contributed by atoms with Crippen LogP contribution in [0.15, 0.2) is 18.3 Å². The van der Waals surface area contributed by atoms with Crippen molar-refractivity contribution in [2.45, 2.75) is 18.8 Å². The molecule has 0 amide bonds. The second-order valence-corrected chi connectivity index (χ2v) is 4.06. The minimum Gasteiger partial charge on any atom is -0.316 e. The fourth-order valence-corrected chi connectivity index (χ4v) is 2.28. The van der Waals surface area contributed by atoms with Gasteiger partial charge >= 0.3 is 0 Å². The molecule has 2 N–H and O–H groups in total. The van der Waals surface area contributed by atoms with Crippen LogP contribution in [0.1, 0.15) is 24.5 Å². The number of pyridine rings is 1. The van der Waals surface area contributed by atoms with Gasteiger partial charge in [-0.3, -0.25) is 5.10 Å². The molecule has 1 aliphatic rings. The molecule has 2 aromatic heterocycles. The van der Waals surface area contributed by atoms with E-state index in [0.29, 0.717) is 5.92 Å². The van der Waals surface area contributed by atoms with Gasteiger partial charge in [-0.2, -0.15) is 5.10 Å². The van der Waals surface area contributed by atoms with E-state index in [1.54, 1.807) is 6.20 Å². The molecule has 15 heavy (non-hydrogen) atoms. The summed E-state index contributed by atoms with van der Waals surface area (Å²) < 4.78 is 0.